The van der Waals surface area contributed by atoms with Gasteiger partial charge in [0.15, 0.2) is 12.6 Å². The van der Waals surface area contributed by atoms with E-state index in [9.17, 15) is 48.0 Å². The predicted molar refractivity (Wildman–Crippen MR) is 411 cm³/mol. The minimum Gasteiger partial charge on any atom is -0.491 e. The summed E-state index contributed by atoms with van der Waals surface area (Å²) in [6, 6.07) is 29.5. The molecule has 17 atom stereocenters. The summed E-state index contributed by atoms with van der Waals surface area (Å²) in [4.78, 5) is 35.7. The lowest BCUT2D eigenvalue weighted by molar-refractivity contribution is -0.196. The number of unbranched alkanes of at least 4 members (excludes halogenated alkanes) is 2. The van der Waals surface area contributed by atoms with Crippen LogP contribution in [-0.4, -0.2) is 146 Å². The highest BCUT2D eigenvalue weighted by atomic mass is 128. The molecule has 574 valence electrons. The van der Waals surface area contributed by atoms with Gasteiger partial charge in [-0.2, -0.15) is 0 Å². The Labute approximate surface area is 645 Å². The maximum Gasteiger partial charge on any atom is 0.338 e. The number of carbonyl (C=O) groups excluding carboxylic acids is 3. The lowest BCUT2D eigenvalue weighted by atomic mass is 9.86. The van der Waals surface area contributed by atoms with Crippen LogP contribution in [0.3, 0.4) is 0 Å². The summed E-state index contributed by atoms with van der Waals surface area (Å²) in [6.45, 7) is 5.36. The molecule has 3 saturated carbocycles. The van der Waals surface area contributed by atoms with Gasteiger partial charge in [0.1, 0.15) is 61.7 Å². The molecule has 0 radical (unpaired) electrons. The average Bonchev–Trinajstić information content (AvgIpc) is 1.64. The minimum absolute atomic E-state index is 0.0181. The zero-order valence-electron chi connectivity index (χ0n) is 59.2. The van der Waals surface area contributed by atoms with Crippen LogP contribution in [0, 0.1) is 35.5 Å². The first-order valence-corrected chi connectivity index (χ1v) is 44.0. The first-order valence-electron chi connectivity index (χ1n) is 36.6. The van der Waals surface area contributed by atoms with E-state index in [2.05, 4.69) is 49.4 Å². The molecule has 2 aliphatic heterocycles. The molecule has 2 unspecified atom stereocenters. The van der Waals surface area contributed by atoms with Crippen molar-refractivity contribution in [2.45, 2.75) is 229 Å². The third-order valence-corrected chi connectivity index (χ3v) is 19.9. The Morgan fingerprint density at radius 1 is 0.563 bits per heavy atom. The largest absolute Gasteiger partial charge is 0.491 e. The van der Waals surface area contributed by atoms with Crippen LogP contribution in [0.25, 0.3) is 0 Å². The molecule has 4 aromatic carbocycles. The number of aliphatic hydroxyl groups excluding tert-OH is 4. The maximum absolute atomic E-state index is 14.8. The summed E-state index contributed by atoms with van der Waals surface area (Å²) in [7, 11) is 0. The average molecular weight is 1730 g/mol. The molecule has 0 bridgehead atoms. The van der Waals surface area contributed by atoms with E-state index >= 15 is 0 Å². The van der Waals surface area contributed by atoms with E-state index < -0.39 is 49.1 Å². The molecule has 5 fully saturated rings. The number of hydrogen-bond acceptors (Lipinski definition) is 16. The van der Waals surface area contributed by atoms with Crippen LogP contribution in [0.5, 0.6) is 17.2 Å². The highest BCUT2D eigenvalue weighted by Gasteiger charge is 2.51. The van der Waals surface area contributed by atoms with Gasteiger partial charge < -0.3 is 63.1 Å². The molecule has 24 heteroatoms. The number of ether oxygens (including phenoxy) is 9. The Morgan fingerprint density at radius 3 is 1.52 bits per heavy atom. The van der Waals surface area contributed by atoms with Crippen molar-refractivity contribution >= 4 is 89.9 Å². The number of alkyl halides is 3. The molecule has 4 N–H and O–H groups in total. The third-order valence-electron chi connectivity index (χ3n) is 19.2. The number of allylic oxidation sites excluding steroid dienone is 4. The molecule has 16 nitrogen and oxygen atoms in total. The standard InChI is InChI=1S/C30H44ClFO6.C25H36ClFO5.C24H26ClFO5.I2/c1-2-17-35-29(34)13-6-4-3-5-12-25-26(28(20-27(25)33)38-30-14-7-8-18-36-30)16-15-23(32)21-37-24-11-9-10-22(31)19-24;1-2-14-31-25(30)11-6-4-3-5-10-21-22(24(29)16-23(21)28)13-12-19(27)17-32-20-9-7-8-18(26)15-20;25-16-7-4-8-18(11-16)29-14-17(26)9-10-19-20-12-23(27)30-22(20)13-21(19)31-24(28)15-5-2-1-3-6-15;1-2/h3,5,9-11,19,23,25-28,30,33H,2,4,6-8,12-18,20-21H2,1H3;3,5,7-9,15,19,21-24,28-29H,2,4,6,10-14,16-17H2,1H3;1-8,11,17,19-23,27H,9-10,12-14H2;/b2*5-3-;;/t23-,25-,26-,27+,28-,30?;19-,21-,22-,23+,24-;17-,19-,20-,21-,22+,23?;/m111./s1. The SMILES string of the molecule is CCCOC(=O)CCC/C=C\C[C@@H]1[C@@H](CC[C@@H](F)COc2cccc(Cl)c2)[C@H](O)C[C@@H]1O.CCCOC(=O)CCC/C=C\C[C@@H]1[C@@H](CC[C@@H](F)COc2cccc(Cl)c2)[C@H](OC2CCCCO2)C[C@@H]1O.II.O=C(O[C@@H]1C[C@@H]2OC(O)C[C@@H]2[C@H]1CC[C@@H](F)COc1cccc(Cl)c1)c1ccccc1. The molecule has 0 aromatic heterocycles. The summed E-state index contributed by atoms with van der Waals surface area (Å²) < 4.78 is 94.0. The predicted octanol–water partition coefficient (Wildman–Crippen LogP) is 18.7. The molecule has 2 heterocycles. The van der Waals surface area contributed by atoms with E-state index in [0.717, 1.165) is 51.4 Å². The van der Waals surface area contributed by atoms with Crippen molar-refractivity contribution in [2.75, 3.05) is 39.6 Å². The summed E-state index contributed by atoms with van der Waals surface area (Å²) >= 11 is 22.1. The fourth-order valence-corrected chi connectivity index (χ4v) is 14.6. The van der Waals surface area contributed by atoms with Gasteiger partial charge in [0, 0.05) is 96.9 Å². The van der Waals surface area contributed by atoms with Gasteiger partial charge in [0.05, 0.1) is 49.3 Å². The van der Waals surface area contributed by atoms with Crippen molar-refractivity contribution in [3.63, 3.8) is 0 Å². The zero-order chi connectivity index (χ0) is 74.3. The fourth-order valence-electron chi connectivity index (χ4n) is 14.0. The van der Waals surface area contributed by atoms with Gasteiger partial charge in [-0.3, -0.25) is 9.59 Å². The first kappa shape index (κ1) is 87.9. The van der Waals surface area contributed by atoms with Gasteiger partial charge in [-0.25, -0.2) is 18.0 Å². The van der Waals surface area contributed by atoms with E-state index in [1.54, 1.807) is 97.1 Å². The number of fused-ring (bicyclic) bond motifs is 1. The molecule has 0 spiro atoms. The third kappa shape index (κ3) is 32.8. The molecule has 9 rings (SSSR count). The number of benzene rings is 4. The molecule has 103 heavy (non-hydrogen) atoms. The van der Waals surface area contributed by atoms with Crippen LogP contribution in [0.1, 0.15) is 172 Å². The Hall–Kier alpha value is -3.99. The van der Waals surface area contributed by atoms with Gasteiger partial charge in [-0.05, 0) is 212 Å². The van der Waals surface area contributed by atoms with E-state index in [1.807, 2.05) is 32.1 Å². The minimum atomic E-state index is -1.17. The van der Waals surface area contributed by atoms with Crippen LogP contribution >= 0.6 is 72.0 Å². The number of carbonyl (C=O) groups is 3. The molecule has 5 aliphatic rings. The van der Waals surface area contributed by atoms with E-state index in [1.165, 1.54) is 0 Å². The van der Waals surface area contributed by atoms with Crippen LogP contribution in [-0.2, 0) is 38.0 Å². The van der Waals surface area contributed by atoms with E-state index in [4.69, 9.17) is 77.4 Å². The Morgan fingerprint density at radius 2 is 1.04 bits per heavy atom. The smallest absolute Gasteiger partial charge is 0.338 e. The summed E-state index contributed by atoms with van der Waals surface area (Å²) in [6.07, 6.45) is 15.1. The number of halogens is 8. The Kier molecular flexibility index (Phi) is 42.6. The first-order chi connectivity index (χ1) is 49.8. The quantitative estimate of drug-likeness (QED) is 0.0108. The molecule has 2 saturated heterocycles. The zero-order valence-corrected chi connectivity index (χ0v) is 65.7. The lowest BCUT2D eigenvalue weighted by Gasteiger charge is -2.30. The molecular weight excluding hydrogens is 1620 g/mol. The maximum atomic E-state index is 14.8. The number of rotatable bonds is 38. The van der Waals surface area contributed by atoms with Gasteiger partial charge in [0.25, 0.3) is 0 Å². The number of aliphatic hydroxyl groups is 4. The van der Waals surface area contributed by atoms with Crippen molar-refractivity contribution in [1.29, 1.82) is 0 Å². The van der Waals surface area contributed by atoms with E-state index in [-0.39, 0.29) is 105 Å². The van der Waals surface area contributed by atoms with Crippen LogP contribution < -0.4 is 14.2 Å². The molecular formula is C79H106Cl3F3I2O16. The highest BCUT2D eigenvalue weighted by Crippen LogP contribution is 2.47. The fraction of sp³-hybridized carbons (Fsp3) is 0.608. The Bertz CT molecular complexity index is 3090. The molecule has 4 aromatic rings. The van der Waals surface area contributed by atoms with Crippen molar-refractivity contribution < 1.29 is 90.6 Å². The normalized spacial score (nSPS) is 25.8. The van der Waals surface area contributed by atoms with Crippen LogP contribution in [0.15, 0.2) is 127 Å². The van der Waals surface area contributed by atoms with Crippen molar-refractivity contribution in [2.24, 2.45) is 35.5 Å². The second-order valence-corrected chi connectivity index (χ2v) is 28.3. The summed E-state index contributed by atoms with van der Waals surface area (Å²) in [5.74, 6) is 0.612. The van der Waals surface area contributed by atoms with Gasteiger partial charge in [-0.1, -0.05) is 109 Å². The summed E-state index contributed by atoms with van der Waals surface area (Å²) in [5, 5.41) is 43.1. The Balaban J connectivity index is 0.000000241. The summed E-state index contributed by atoms with van der Waals surface area (Å²) in [5.41, 5.74) is 0.484. The topological polar surface area (TPSA) is 215 Å². The van der Waals surface area contributed by atoms with Crippen molar-refractivity contribution in [3.8, 4) is 17.2 Å². The molecule has 0 amide bonds. The van der Waals surface area contributed by atoms with Crippen LogP contribution in [0.4, 0.5) is 13.2 Å². The van der Waals surface area contributed by atoms with Gasteiger partial charge in [0.2, 0.25) is 0 Å². The van der Waals surface area contributed by atoms with Crippen molar-refractivity contribution in [1.82, 2.24) is 0 Å². The van der Waals surface area contributed by atoms with Gasteiger partial charge >= 0.3 is 17.9 Å². The second-order valence-electron chi connectivity index (χ2n) is 27.0. The lowest BCUT2D eigenvalue weighted by Crippen LogP contribution is -2.32. The monoisotopic (exact) mass is 1730 g/mol. The van der Waals surface area contributed by atoms with Gasteiger partial charge in [-0.15, -0.1) is 0 Å². The number of esters is 3. The van der Waals surface area contributed by atoms with E-state index in [0.29, 0.717) is 141 Å². The molecule has 3 aliphatic carbocycles. The van der Waals surface area contributed by atoms with Crippen molar-refractivity contribution in [3.05, 3.63) is 148 Å². The number of hydrogen-bond donors (Lipinski definition) is 4. The second kappa shape index (κ2) is 49.9. The highest BCUT2D eigenvalue weighted by molar-refractivity contribution is 15.0. The van der Waals surface area contributed by atoms with Crippen LogP contribution in [0.2, 0.25) is 15.1 Å².